The summed E-state index contributed by atoms with van der Waals surface area (Å²) in [4.78, 5) is 25.1. The summed E-state index contributed by atoms with van der Waals surface area (Å²) in [6, 6.07) is 10.1. The molecule has 35 heavy (non-hydrogen) atoms. The molecule has 2 aromatic rings. The number of alkyl halides is 3. The SMILES string of the molecule is CCC1(C)CN(C(=O)C(N)=O)CC1c1ccc(OC)c(OCC#Cc2ccc(C(F)(F)F)cc2)c1. The number of hydrogen-bond donors (Lipinski definition) is 1. The van der Waals surface area contributed by atoms with Gasteiger partial charge in [0.05, 0.1) is 12.7 Å². The summed E-state index contributed by atoms with van der Waals surface area (Å²) in [6.07, 6.45) is -3.62. The Morgan fingerprint density at radius 1 is 1.17 bits per heavy atom. The number of methoxy groups -OCH3 is 1. The summed E-state index contributed by atoms with van der Waals surface area (Å²) >= 11 is 0. The number of nitrogens with two attached hydrogens (primary N) is 1. The van der Waals surface area contributed by atoms with Crippen LogP contribution in [-0.4, -0.2) is 43.5 Å². The van der Waals surface area contributed by atoms with E-state index in [4.69, 9.17) is 15.2 Å². The third-order valence-electron chi connectivity index (χ3n) is 6.44. The second-order valence-corrected chi connectivity index (χ2v) is 8.69. The second kappa shape index (κ2) is 10.3. The lowest BCUT2D eigenvalue weighted by Gasteiger charge is -2.29. The van der Waals surface area contributed by atoms with Crippen LogP contribution in [0.15, 0.2) is 42.5 Å². The number of halogens is 3. The molecular formula is C26H27F3N2O4. The normalized spacial score (nSPS) is 19.6. The number of carbonyl (C=O) groups is 2. The molecule has 1 aliphatic heterocycles. The van der Waals surface area contributed by atoms with Crippen molar-refractivity contribution in [3.63, 3.8) is 0 Å². The van der Waals surface area contributed by atoms with Crippen LogP contribution in [0.5, 0.6) is 11.5 Å². The number of primary amides is 1. The van der Waals surface area contributed by atoms with Crippen LogP contribution in [0.25, 0.3) is 0 Å². The van der Waals surface area contributed by atoms with Crippen molar-refractivity contribution in [1.29, 1.82) is 0 Å². The van der Waals surface area contributed by atoms with Crippen LogP contribution in [0.3, 0.4) is 0 Å². The van der Waals surface area contributed by atoms with Gasteiger partial charge in [-0.15, -0.1) is 0 Å². The van der Waals surface area contributed by atoms with Gasteiger partial charge < -0.3 is 20.1 Å². The molecule has 1 heterocycles. The van der Waals surface area contributed by atoms with E-state index >= 15 is 0 Å². The highest BCUT2D eigenvalue weighted by Crippen LogP contribution is 2.46. The van der Waals surface area contributed by atoms with Gasteiger partial charge in [-0.3, -0.25) is 9.59 Å². The van der Waals surface area contributed by atoms with Crippen LogP contribution in [0.1, 0.15) is 42.9 Å². The molecule has 6 nitrogen and oxygen atoms in total. The van der Waals surface area contributed by atoms with Crippen LogP contribution in [0, 0.1) is 17.3 Å². The van der Waals surface area contributed by atoms with E-state index in [1.807, 2.05) is 19.1 Å². The molecule has 1 fully saturated rings. The summed E-state index contributed by atoms with van der Waals surface area (Å²) in [6.45, 7) is 4.85. The Hall–Kier alpha value is -3.67. The molecule has 1 saturated heterocycles. The van der Waals surface area contributed by atoms with E-state index in [0.717, 1.165) is 24.1 Å². The molecule has 3 rings (SSSR count). The Balaban J connectivity index is 1.76. The lowest BCUT2D eigenvalue weighted by atomic mass is 9.74. The van der Waals surface area contributed by atoms with Crippen molar-refractivity contribution in [2.24, 2.45) is 11.1 Å². The van der Waals surface area contributed by atoms with Crippen molar-refractivity contribution in [2.45, 2.75) is 32.4 Å². The van der Waals surface area contributed by atoms with Gasteiger partial charge in [0, 0.05) is 24.6 Å². The molecule has 9 heteroatoms. The van der Waals surface area contributed by atoms with Gasteiger partial charge in [-0.05, 0) is 53.8 Å². The minimum Gasteiger partial charge on any atom is -0.493 e. The molecule has 0 saturated carbocycles. The number of ether oxygens (including phenoxy) is 2. The second-order valence-electron chi connectivity index (χ2n) is 8.69. The van der Waals surface area contributed by atoms with E-state index in [9.17, 15) is 22.8 Å². The number of hydrogen-bond acceptors (Lipinski definition) is 4. The summed E-state index contributed by atoms with van der Waals surface area (Å²) in [5, 5.41) is 0. The summed E-state index contributed by atoms with van der Waals surface area (Å²) in [7, 11) is 1.51. The highest BCUT2D eigenvalue weighted by molar-refractivity contribution is 6.34. The van der Waals surface area contributed by atoms with E-state index in [1.165, 1.54) is 24.1 Å². The minimum atomic E-state index is -4.39. The van der Waals surface area contributed by atoms with E-state index in [2.05, 4.69) is 18.8 Å². The smallest absolute Gasteiger partial charge is 0.416 e. The maximum absolute atomic E-state index is 12.7. The topological polar surface area (TPSA) is 81.9 Å². The zero-order valence-electron chi connectivity index (χ0n) is 19.7. The van der Waals surface area contributed by atoms with Gasteiger partial charge in [-0.25, -0.2) is 0 Å². The molecule has 2 amide bonds. The van der Waals surface area contributed by atoms with E-state index < -0.39 is 23.6 Å². The number of benzene rings is 2. The molecule has 2 aromatic carbocycles. The van der Waals surface area contributed by atoms with Gasteiger partial charge in [-0.2, -0.15) is 13.2 Å². The zero-order valence-corrected chi connectivity index (χ0v) is 19.7. The van der Waals surface area contributed by atoms with Gasteiger partial charge in [0.2, 0.25) is 0 Å². The summed E-state index contributed by atoms with van der Waals surface area (Å²) < 4.78 is 49.3. The third kappa shape index (κ3) is 5.88. The maximum atomic E-state index is 12.7. The van der Waals surface area contributed by atoms with Gasteiger partial charge in [-0.1, -0.05) is 31.8 Å². The van der Waals surface area contributed by atoms with Crippen LogP contribution in [-0.2, 0) is 15.8 Å². The fourth-order valence-electron chi connectivity index (χ4n) is 4.25. The van der Waals surface area contributed by atoms with Crippen molar-refractivity contribution >= 4 is 11.8 Å². The molecule has 0 spiro atoms. The molecule has 186 valence electrons. The average Bonchev–Trinajstić information content (AvgIpc) is 3.18. The Morgan fingerprint density at radius 2 is 1.86 bits per heavy atom. The fraction of sp³-hybridized carbons (Fsp3) is 0.385. The molecule has 1 aliphatic rings. The van der Waals surface area contributed by atoms with Gasteiger partial charge in [0.15, 0.2) is 11.5 Å². The van der Waals surface area contributed by atoms with Gasteiger partial charge in [0.1, 0.15) is 6.61 Å². The predicted molar refractivity (Wildman–Crippen MR) is 124 cm³/mol. The summed E-state index contributed by atoms with van der Waals surface area (Å²) in [5.41, 5.74) is 5.55. The van der Waals surface area contributed by atoms with Crippen molar-refractivity contribution in [3.05, 3.63) is 59.2 Å². The first-order chi connectivity index (χ1) is 16.5. The molecule has 2 unspecified atom stereocenters. The van der Waals surface area contributed by atoms with Gasteiger partial charge >= 0.3 is 18.0 Å². The number of rotatable bonds is 5. The van der Waals surface area contributed by atoms with Crippen LogP contribution in [0.4, 0.5) is 13.2 Å². The zero-order chi connectivity index (χ0) is 25.8. The van der Waals surface area contributed by atoms with Crippen molar-refractivity contribution < 1.29 is 32.2 Å². The number of carbonyl (C=O) groups excluding carboxylic acids is 2. The monoisotopic (exact) mass is 488 g/mol. The highest BCUT2D eigenvalue weighted by atomic mass is 19.4. The maximum Gasteiger partial charge on any atom is 0.416 e. The Labute approximate surface area is 202 Å². The first-order valence-corrected chi connectivity index (χ1v) is 11.0. The number of amides is 2. The van der Waals surface area contributed by atoms with Crippen LogP contribution < -0.4 is 15.2 Å². The fourth-order valence-corrected chi connectivity index (χ4v) is 4.25. The molecule has 0 bridgehead atoms. The molecule has 2 atom stereocenters. The Morgan fingerprint density at radius 3 is 2.43 bits per heavy atom. The van der Waals surface area contributed by atoms with E-state index in [1.54, 1.807) is 6.07 Å². The summed E-state index contributed by atoms with van der Waals surface area (Å²) in [5.74, 6) is 4.79. The lowest BCUT2D eigenvalue weighted by molar-refractivity contribution is -0.143. The Bertz CT molecular complexity index is 1150. The van der Waals surface area contributed by atoms with Crippen LogP contribution >= 0.6 is 0 Å². The minimum absolute atomic E-state index is 0.0111. The first-order valence-electron chi connectivity index (χ1n) is 11.0. The third-order valence-corrected chi connectivity index (χ3v) is 6.44. The molecule has 0 radical (unpaired) electrons. The number of nitrogens with zero attached hydrogens (tertiary/aromatic N) is 1. The largest absolute Gasteiger partial charge is 0.493 e. The standard InChI is InChI=1S/C26H27F3N2O4/c1-4-25(2)16-31(24(33)23(30)32)15-20(25)18-9-12-21(34-3)22(14-18)35-13-5-6-17-7-10-19(11-8-17)26(27,28)29/h7-12,14,20H,4,13,15-16H2,1-3H3,(H2,30,32). The first kappa shape index (κ1) is 25.9. The lowest BCUT2D eigenvalue weighted by Crippen LogP contribution is -2.39. The van der Waals surface area contributed by atoms with E-state index in [-0.39, 0.29) is 17.9 Å². The van der Waals surface area contributed by atoms with Crippen molar-refractivity contribution in [2.75, 3.05) is 26.8 Å². The highest BCUT2D eigenvalue weighted by Gasteiger charge is 2.45. The van der Waals surface area contributed by atoms with Crippen LogP contribution in [0.2, 0.25) is 0 Å². The molecular weight excluding hydrogens is 461 g/mol. The Kier molecular flexibility index (Phi) is 7.64. The van der Waals surface area contributed by atoms with E-state index in [0.29, 0.717) is 30.2 Å². The molecule has 2 N–H and O–H groups in total. The predicted octanol–water partition coefficient (Wildman–Crippen LogP) is 3.97. The number of likely N-dealkylation sites (tertiary alicyclic amines) is 1. The average molecular weight is 489 g/mol. The van der Waals surface area contributed by atoms with Gasteiger partial charge in [0.25, 0.3) is 0 Å². The molecule has 0 aromatic heterocycles. The van der Waals surface area contributed by atoms with Crippen molar-refractivity contribution in [1.82, 2.24) is 4.90 Å². The molecule has 0 aliphatic carbocycles. The van der Waals surface area contributed by atoms with Crippen molar-refractivity contribution in [3.8, 4) is 23.3 Å². The quantitative estimate of drug-likeness (QED) is 0.510.